The van der Waals surface area contributed by atoms with E-state index in [1.807, 2.05) is 0 Å². The molecule has 3 aromatic carbocycles. The molecule has 0 aliphatic heterocycles. The fourth-order valence-corrected chi connectivity index (χ4v) is 3.20. The van der Waals surface area contributed by atoms with Crippen molar-refractivity contribution in [2.75, 3.05) is 24.9 Å². The smallest absolute Gasteiger partial charge is 0.337 e. The van der Waals surface area contributed by atoms with Crippen molar-refractivity contribution in [2.24, 2.45) is 0 Å². The SMILES string of the molecule is COC(=O)c1cc(NC(=O)c2cc(NC(C)=O)c3ccccc3c2O)cc(C(=O)OC)c1. The molecule has 0 atom stereocenters. The van der Waals surface area contributed by atoms with E-state index in [1.54, 1.807) is 24.3 Å². The molecule has 3 aromatic rings. The zero-order valence-electron chi connectivity index (χ0n) is 17.5. The molecule has 3 N–H and O–H groups in total. The van der Waals surface area contributed by atoms with Crippen molar-refractivity contribution in [3.05, 3.63) is 65.2 Å². The maximum absolute atomic E-state index is 13.0. The number of rotatable bonds is 5. The summed E-state index contributed by atoms with van der Waals surface area (Å²) in [5.74, 6) is -2.79. The van der Waals surface area contributed by atoms with Crippen molar-refractivity contribution in [1.82, 2.24) is 0 Å². The zero-order chi connectivity index (χ0) is 23.4. The number of hydrogen-bond acceptors (Lipinski definition) is 7. The predicted molar refractivity (Wildman–Crippen MR) is 117 cm³/mol. The number of phenolic OH excluding ortho intramolecular Hbond substituents is 1. The number of phenols is 1. The predicted octanol–water partition coefficient (Wildman–Crippen LogP) is 3.33. The number of aromatic hydroxyl groups is 1. The quantitative estimate of drug-likeness (QED) is 0.413. The summed E-state index contributed by atoms with van der Waals surface area (Å²) in [5.41, 5.74) is 0.372. The van der Waals surface area contributed by atoms with Gasteiger partial charge in [0.15, 0.2) is 0 Å². The number of nitrogens with one attached hydrogen (secondary N) is 2. The van der Waals surface area contributed by atoms with Crippen LogP contribution in [0.3, 0.4) is 0 Å². The largest absolute Gasteiger partial charge is 0.506 e. The highest BCUT2D eigenvalue weighted by Crippen LogP contribution is 2.35. The van der Waals surface area contributed by atoms with E-state index in [1.165, 1.54) is 45.4 Å². The number of esters is 2. The molecule has 0 fully saturated rings. The Hall–Kier alpha value is -4.40. The minimum atomic E-state index is -0.724. The van der Waals surface area contributed by atoms with Crippen LogP contribution in [0.2, 0.25) is 0 Å². The molecular formula is C23H20N2O7. The number of fused-ring (bicyclic) bond motifs is 1. The first-order valence-corrected chi connectivity index (χ1v) is 9.40. The summed E-state index contributed by atoms with van der Waals surface area (Å²) in [4.78, 5) is 48.5. The van der Waals surface area contributed by atoms with Crippen molar-refractivity contribution >= 4 is 45.9 Å². The van der Waals surface area contributed by atoms with Gasteiger partial charge in [-0.15, -0.1) is 0 Å². The van der Waals surface area contributed by atoms with Crippen LogP contribution < -0.4 is 10.6 Å². The second-order valence-corrected chi connectivity index (χ2v) is 6.78. The Kier molecular flexibility index (Phi) is 6.39. The van der Waals surface area contributed by atoms with Gasteiger partial charge in [-0.05, 0) is 24.3 Å². The van der Waals surface area contributed by atoms with E-state index in [9.17, 15) is 24.3 Å². The van der Waals surface area contributed by atoms with Gasteiger partial charge >= 0.3 is 11.9 Å². The number of benzene rings is 3. The first kappa shape index (κ1) is 22.3. The van der Waals surface area contributed by atoms with Gasteiger partial charge in [-0.2, -0.15) is 0 Å². The standard InChI is InChI=1S/C23H20N2O7/c1-12(26)24-19-11-18(20(27)17-7-5-4-6-16(17)19)21(28)25-15-9-13(22(29)31-2)8-14(10-15)23(30)32-3/h4-11,27H,1-3H3,(H,24,26)(H,25,28). The number of carbonyl (C=O) groups excluding carboxylic acids is 4. The first-order valence-electron chi connectivity index (χ1n) is 9.40. The van der Waals surface area contributed by atoms with Gasteiger partial charge in [0.1, 0.15) is 5.75 Å². The highest BCUT2D eigenvalue weighted by atomic mass is 16.5. The Bertz CT molecular complexity index is 1220. The Morgan fingerprint density at radius 1 is 0.812 bits per heavy atom. The Morgan fingerprint density at radius 3 is 1.91 bits per heavy atom. The third-order valence-corrected chi connectivity index (χ3v) is 4.60. The van der Waals surface area contributed by atoms with E-state index in [4.69, 9.17) is 0 Å². The summed E-state index contributed by atoms with van der Waals surface area (Å²) in [6, 6.07) is 12.0. The average molecular weight is 436 g/mol. The molecule has 0 spiro atoms. The van der Waals surface area contributed by atoms with E-state index in [-0.39, 0.29) is 34.0 Å². The molecule has 0 bridgehead atoms. The van der Waals surface area contributed by atoms with Crippen LogP contribution in [-0.4, -0.2) is 43.1 Å². The number of amides is 2. The topological polar surface area (TPSA) is 131 Å². The second kappa shape index (κ2) is 9.17. The molecule has 0 aliphatic carbocycles. The molecule has 0 unspecified atom stereocenters. The highest BCUT2D eigenvalue weighted by Gasteiger charge is 2.20. The zero-order valence-corrected chi connectivity index (χ0v) is 17.5. The van der Waals surface area contributed by atoms with Crippen LogP contribution >= 0.6 is 0 Å². The lowest BCUT2D eigenvalue weighted by Gasteiger charge is -2.14. The lowest BCUT2D eigenvalue weighted by Crippen LogP contribution is -2.15. The number of methoxy groups -OCH3 is 2. The van der Waals surface area contributed by atoms with Crippen LogP contribution in [0.15, 0.2) is 48.5 Å². The van der Waals surface area contributed by atoms with Crippen LogP contribution in [0, 0.1) is 0 Å². The maximum atomic E-state index is 13.0. The third-order valence-electron chi connectivity index (χ3n) is 4.60. The summed E-state index contributed by atoms with van der Waals surface area (Å²) in [6.45, 7) is 1.33. The average Bonchev–Trinajstić information content (AvgIpc) is 2.79. The van der Waals surface area contributed by atoms with E-state index in [0.29, 0.717) is 16.5 Å². The molecule has 164 valence electrons. The summed E-state index contributed by atoms with van der Waals surface area (Å²) in [7, 11) is 2.37. The third kappa shape index (κ3) is 4.51. The minimum absolute atomic E-state index is 0.0207. The molecule has 2 amide bonds. The van der Waals surface area contributed by atoms with E-state index < -0.39 is 17.8 Å². The van der Waals surface area contributed by atoms with Gasteiger partial charge < -0.3 is 25.2 Å². The summed E-state index contributed by atoms with van der Waals surface area (Å²) in [6.07, 6.45) is 0. The molecular weight excluding hydrogens is 416 g/mol. The van der Waals surface area contributed by atoms with Crippen LogP contribution in [-0.2, 0) is 14.3 Å². The molecule has 0 heterocycles. The second-order valence-electron chi connectivity index (χ2n) is 6.78. The van der Waals surface area contributed by atoms with Crippen molar-refractivity contribution in [2.45, 2.75) is 6.92 Å². The Balaban J connectivity index is 2.07. The normalized spacial score (nSPS) is 10.3. The van der Waals surface area contributed by atoms with Crippen LogP contribution in [0.4, 0.5) is 11.4 Å². The maximum Gasteiger partial charge on any atom is 0.337 e. The van der Waals surface area contributed by atoms with E-state index in [0.717, 1.165) is 0 Å². The van der Waals surface area contributed by atoms with Gasteiger partial charge in [-0.3, -0.25) is 9.59 Å². The lowest BCUT2D eigenvalue weighted by atomic mass is 10.0. The van der Waals surface area contributed by atoms with E-state index in [2.05, 4.69) is 20.1 Å². The Morgan fingerprint density at radius 2 is 1.38 bits per heavy atom. The molecule has 0 saturated carbocycles. The number of anilines is 2. The van der Waals surface area contributed by atoms with Gasteiger partial charge in [0.2, 0.25) is 5.91 Å². The van der Waals surface area contributed by atoms with Gasteiger partial charge in [-0.1, -0.05) is 24.3 Å². The Labute approximate surface area is 182 Å². The molecule has 32 heavy (non-hydrogen) atoms. The van der Waals surface area contributed by atoms with Crippen LogP contribution in [0.1, 0.15) is 38.0 Å². The highest BCUT2D eigenvalue weighted by molar-refractivity contribution is 6.14. The summed E-state index contributed by atoms with van der Waals surface area (Å²) < 4.78 is 9.37. The van der Waals surface area contributed by atoms with Gasteiger partial charge in [0, 0.05) is 29.1 Å². The fourth-order valence-electron chi connectivity index (χ4n) is 3.20. The molecule has 9 heteroatoms. The molecule has 0 aromatic heterocycles. The molecule has 3 rings (SSSR count). The molecule has 9 nitrogen and oxygen atoms in total. The lowest BCUT2D eigenvalue weighted by molar-refractivity contribution is -0.114. The number of ether oxygens (including phenoxy) is 2. The number of carbonyl (C=O) groups is 4. The van der Waals surface area contributed by atoms with Crippen molar-refractivity contribution in [3.8, 4) is 5.75 Å². The fraction of sp³-hybridized carbons (Fsp3) is 0.130. The minimum Gasteiger partial charge on any atom is -0.506 e. The molecule has 0 aliphatic rings. The van der Waals surface area contributed by atoms with Crippen LogP contribution in [0.5, 0.6) is 5.75 Å². The molecule has 0 saturated heterocycles. The number of hydrogen-bond donors (Lipinski definition) is 3. The van der Waals surface area contributed by atoms with Gasteiger partial charge in [-0.25, -0.2) is 9.59 Å². The van der Waals surface area contributed by atoms with Gasteiger partial charge in [0.25, 0.3) is 5.91 Å². The summed E-state index contributed by atoms with van der Waals surface area (Å²) in [5, 5.41) is 16.8. The summed E-state index contributed by atoms with van der Waals surface area (Å²) >= 11 is 0. The first-order chi connectivity index (χ1) is 15.2. The van der Waals surface area contributed by atoms with Crippen LogP contribution in [0.25, 0.3) is 10.8 Å². The van der Waals surface area contributed by atoms with Crippen molar-refractivity contribution in [1.29, 1.82) is 0 Å². The van der Waals surface area contributed by atoms with E-state index >= 15 is 0 Å². The molecule has 0 radical (unpaired) electrons. The monoisotopic (exact) mass is 436 g/mol. The van der Waals surface area contributed by atoms with Crippen molar-refractivity contribution < 1.29 is 33.8 Å². The van der Waals surface area contributed by atoms with Crippen molar-refractivity contribution in [3.63, 3.8) is 0 Å². The van der Waals surface area contributed by atoms with Gasteiger partial charge in [0.05, 0.1) is 30.9 Å².